The first-order valence-electron chi connectivity index (χ1n) is 3.94. The van der Waals surface area contributed by atoms with Crippen molar-refractivity contribution in [1.29, 1.82) is 0 Å². The normalized spacial score (nSPS) is 12.5. The largest absolute Gasteiger partial charge is 0.429 e. The van der Waals surface area contributed by atoms with Crippen LogP contribution >= 0.6 is 7.75 Å². The van der Waals surface area contributed by atoms with Crippen LogP contribution in [0.15, 0.2) is 30.3 Å². The number of hydrogen-bond donors (Lipinski definition) is 3. The molecular formula is C8H15N2O3PY. The molecule has 1 aromatic rings. The summed E-state index contributed by atoms with van der Waals surface area (Å²) in [6.07, 6.45) is 0. The van der Waals surface area contributed by atoms with Crippen molar-refractivity contribution in [2.45, 2.75) is 0 Å². The van der Waals surface area contributed by atoms with Gasteiger partial charge < -0.3 is 10.6 Å². The molecule has 4 N–H and O–H groups in total. The maximum Gasteiger partial charge on any atom is 0.429 e. The third-order valence-electron chi connectivity index (χ3n) is 1.29. The van der Waals surface area contributed by atoms with Crippen LogP contribution in [0.2, 0.25) is 0 Å². The van der Waals surface area contributed by atoms with Crippen LogP contribution in [0.5, 0.6) is 0 Å². The van der Waals surface area contributed by atoms with Crippen molar-refractivity contribution in [3.8, 4) is 0 Å². The molecule has 0 heterocycles. The van der Waals surface area contributed by atoms with E-state index in [1.165, 1.54) is 14.2 Å². The van der Waals surface area contributed by atoms with Gasteiger partial charge in [-0.15, -0.1) is 0 Å². The molecule has 1 radical (unpaired) electrons. The summed E-state index contributed by atoms with van der Waals surface area (Å²) in [6.45, 7) is 0. The summed E-state index contributed by atoms with van der Waals surface area (Å²) in [5, 5.41) is 2.36. The van der Waals surface area contributed by atoms with Crippen molar-refractivity contribution in [3.63, 3.8) is 0 Å². The van der Waals surface area contributed by atoms with Gasteiger partial charge in [-0.05, 0) is 19.2 Å². The quantitative estimate of drug-likeness (QED) is 0.736. The standard InChI is InChI=1S/C7H10NO3P.CH5N.Y/c1-11-12(9,10)8-7-5-3-2-4-6-7;1-2;/h2-6H,1H3,(H2,8,9,10);2H2,1H3;. The predicted molar refractivity (Wildman–Crippen MR) is 57.0 cm³/mol. The zero-order chi connectivity index (χ0) is 11.0. The number of anilines is 1. The maximum absolute atomic E-state index is 11.0. The summed E-state index contributed by atoms with van der Waals surface area (Å²) in [5.41, 5.74) is 5.06. The second-order valence-electron chi connectivity index (χ2n) is 2.18. The Kier molecular flexibility index (Phi) is 11.1. The summed E-state index contributed by atoms with van der Waals surface area (Å²) in [5.74, 6) is 0. The van der Waals surface area contributed by atoms with Crippen molar-refractivity contribution in [2.75, 3.05) is 19.2 Å². The molecule has 1 aromatic carbocycles. The van der Waals surface area contributed by atoms with E-state index in [1.807, 2.05) is 6.07 Å². The fourth-order valence-corrected chi connectivity index (χ4v) is 1.29. The molecule has 0 amide bonds. The SMILES string of the molecule is CN.COP(=O)(O)Nc1ccccc1.[Y]. The molecule has 0 bridgehead atoms. The summed E-state index contributed by atoms with van der Waals surface area (Å²) in [7, 11) is -0.968. The van der Waals surface area contributed by atoms with Crippen molar-refractivity contribution >= 4 is 13.4 Å². The molecule has 5 nitrogen and oxygen atoms in total. The molecular weight excluding hydrogens is 292 g/mol. The number of nitrogens with one attached hydrogen (secondary N) is 1. The van der Waals surface area contributed by atoms with Gasteiger partial charge >= 0.3 is 7.75 Å². The monoisotopic (exact) mass is 307 g/mol. The van der Waals surface area contributed by atoms with Gasteiger partial charge in [0.15, 0.2) is 0 Å². The number of para-hydroxylation sites is 1. The van der Waals surface area contributed by atoms with Crippen LogP contribution < -0.4 is 10.8 Å². The predicted octanol–water partition coefficient (Wildman–Crippen LogP) is 1.42. The maximum atomic E-state index is 11.0. The van der Waals surface area contributed by atoms with E-state index in [-0.39, 0.29) is 32.7 Å². The molecule has 0 fully saturated rings. The van der Waals surface area contributed by atoms with Crippen LogP contribution in [0.1, 0.15) is 0 Å². The Bertz CT molecular complexity index is 297. The zero-order valence-electron chi connectivity index (χ0n) is 8.75. The van der Waals surface area contributed by atoms with Crippen molar-refractivity contribution < 1.29 is 46.7 Å². The Hall–Kier alpha value is 0.234. The van der Waals surface area contributed by atoms with E-state index in [9.17, 15) is 4.57 Å². The molecule has 1 unspecified atom stereocenters. The molecule has 0 aliphatic heterocycles. The minimum Gasteiger partial charge on any atom is -0.333 e. The third kappa shape index (κ3) is 8.08. The Labute approximate surface area is 115 Å². The fourth-order valence-electron chi connectivity index (χ4n) is 0.721. The Balaban J connectivity index is 0. The van der Waals surface area contributed by atoms with Crippen molar-refractivity contribution in [2.24, 2.45) is 5.73 Å². The second kappa shape index (κ2) is 9.46. The molecule has 7 heteroatoms. The number of hydrogen-bond acceptors (Lipinski definition) is 3. The van der Waals surface area contributed by atoms with Gasteiger partial charge in [0.2, 0.25) is 0 Å². The van der Waals surface area contributed by atoms with Crippen molar-refractivity contribution in [3.05, 3.63) is 30.3 Å². The van der Waals surface area contributed by atoms with Gasteiger partial charge in [0.25, 0.3) is 0 Å². The molecule has 0 aliphatic rings. The molecule has 0 aliphatic carbocycles. The molecule has 0 aromatic heterocycles. The van der Waals surface area contributed by atoms with E-state index in [2.05, 4.69) is 15.3 Å². The summed E-state index contributed by atoms with van der Waals surface area (Å²) in [6, 6.07) is 8.71. The number of rotatable bonds is 3. The van der Waals surface area contributed by atoms with Gasteiger partial charge in [-0.1, -0.05) is 18.2 Å². The molecule has 15 heavy (non-hydrogen) atoms. The smallest absolute Gasteiger partial charge is 0.333 e. The van der Waals surface area contributed by atoms with E-state index < -0.39 is 7.75 Å². The van der Waals surface area contributed by atoms with Crippen LogP contribution in [0.3, 0.4) is 0 Å². The number of benzene rings is 1. The molecule has 0 saturated carbocycles. The molecule has 1 atom stereocenters. The molecule has 0 spiro atoms. The second-order valence-corrected chi connectivity index (χ2v) is 3.81. The van der Waals surface area contributed by atoms with E-state index in [4.69, 9.17) is 4.89 Å². The summed E-state index contributed by atoms with van der Waals surface area (Å²) >= 11 is 0. The third-order valence-corrected chi connectivity index (χ3v) is 2.33. The minimum atomic E-state index is -3.65. The van der Waals surface area contributed by atoms with E-state index >= 15 is 0 Å². The van der Waals surface area contributed by atoms with Crippen LogP contribution in [0.25, 0.3) is 0 Å². The van der Waals surface area contributed by atoms with Crippen molar-refractivity contribution in [1.82, 2.24) is 0 Å². The first-order chi connectivity index (χ1) is 6.64. The van der Waals surface area contributed by atoms with Gasteiger partial charge in [-0.3, -0.25) is 9.61 Å². The van der Waals surface area contributed by atoms with Gasteiger partial charge in [0, 0.05) is 45.5 Å². The van der Waals surface area contributed by atoms with Crippen LogP contribution in [-0.2, 0) is 41.8 Å². The van der Waals surface area contributed by atoms with Gasteiger partial charge in [0.05, 0.1) is 0 Å². The topological polar surface area (TPSA) is 84.6 Å². The zero-order valence-corrected chi connectivity index (χ0v) is 12.5. The van der Waals surface area contributed by atoms with Crippen LogP contribution in [0.4, 0.5) is 5.69 Å². The summed E-state index contributed by atoms with van der Waals surface area (Å²) < 4.78 is 15.3. The van der Waals surface area contributed by atoms with Crippen LogP contribution in [0, 0.1) is 0 Å². The molecule has 83 valence electrons. The Morgan fingerprint density at radius 3 is 2.20 bits per heavy atom. The fraction of sp³-hybridized carbons (Fsp3) is 0.250. The van der Waals surface area contributed by atoms with Crippen LogP contribution in [-0.4, -0.2) is 19.1 Å². The molecule has 0 saturated heterocycles. The Morgan fingerprint density at radius 1 is 1.33 bits per heavy atom. The first kappa shape index (κ1) is 17.6. The van der Waals surface area contributed by atoms with Gasteiger partial charge in [0.1, 0.15) is 0 Å². The average Bonchev–Trinajstić information content (AvgIpc) is 2.22. The van der Waals surface area contributed by atoms with E-state index in [1.54, 1.807) is 24.3 Å². The average molecular weight is 307 g/mol. The first-order valence-corrected chi connectivity index (χ1v) is 5.51. The minimum absolute atomic E-state index is 0. The molecule has 1 rings (SSSR count). The van der Waals surface area contributed by atoms with Gasteiger partial charge in [-0.2, -0.15) is 0 Å². The number of nitrogens with two attached hydrogens (primary N) is 1. The summed E-state index contributed by atoms with van der Waals surface area (Å²) in [4.78, 5) is 9.00. The van der Waals surface area contributed by atoms with E-state index in [0.29, 0.717) is 5.69 Å². The van der Waals surface area contributed by atoms with Gasteiger partial charge in [-0.25, -0.2) is 4.57 Å². The van der Waals surface area contributed by atoms with E-state index in [0.717, 1.165) is 0 Å². The Morgan fingerprint density at radius 2 is 1.80 bits per heavy atom.